The Labute approximate surface area is 111 Å². The summed E-state index contributed by atoms with van der Waals surface area (Å²) >= 11 is 0. The Morgan fingerprint density at radius 1 is 1.17 bits per heavy atom. The minimum absolute atomic E-state index is 0.218. The molecule has 0 bridgehead atoms. The third kappa shape index (κ3) is 3.14. The van der Waals surface area contributed by atoms with Gasteiger partial charge in [-0.2, -0.15) is 0 Å². The molecule has 1 N–H and O–H groups in total. The van der Waals surface area contributed by atoms with Crippen molar-refractivity contribution < 1.29 is 5.11 Å². The molecule has 18 heavy (non-hydrogen) atoms. The van der Waals surface area contributed by atoms with E-state index in [2.05, 4.69) is 45.0 Å². The van der Waals surface area contributed by atoms with E-state index in [0.717, 1.165) is 25.7 Å². The van der Waals surface area contributed by atoms with E-state index in [-0.39, 0.29) is 5.41 Å². The molecule has 0 unspecified atom stereocenters. The largest absolute Gasteiger partial charge is 0.390 e. The van der Waals surface area contributed by atoms with E-state index in [4.69, 9.17) is 0 Å². The van der Waals surface area contributed by atoms with Crippen molar-refractivity contribution in [2.24, 2.45) is 0 Å². The third-order valence-electron chi connectivity index (χ3n) is 4.29. The Bertz CT molecular complexity index is 402. The van der Waals surface area contributed by atoms with Crippen LogP contribution in [0, 0.1) is 0 Å². The molecular weight excluding hydrogens is 220 g/mol. The van der Waals surface area contributed by atoms with Crippen LogP contribution >= 0.6 is 0 Å². The zero-order valence-electron chi connectivity index (χ0n) is 12.2. The summed E-state index contributed by atoms with van der Waals surface area (Å²) in [5.41, 5.74) is 2.66. The van der Waals surface area contributed by atoms with Crippen LogP contribution in [0.15, 0.2) is 24.3 Å². The molecule has 0 spiro atoms. The minimum Gasteiger partial charge on any atom is -0.390 e. The van der Waals surface area contributed by atoms with Crippen molar-refractivity contribution in [2.45, 2.75) is 70.3 Å². The second-order valence-corrected chi connectivity index (χ2v) is 7.15. The Morgan fingerprint density at radius 3 is 2.33 bits per heavy atom. The van der Waals surface area contributed by atoms with Crippen molar-refractivity contribution >= 4 is 0 Å². The van der Waals surface area contributed by atoms with E-state index in [1.807, 2.05) is 6.92 Å². The Morgan fingerprint density at radius 2 is 1.78 bits per heavy atom. The fourth-order valence-electron chi connectivity index (χ4n) is 2.83. The van der Waals surface area contributed by atoms with Gasteiger partial charge in [0, 0.05) is 0 Å². The second-order valence-electron chi connectivity index (χ2n) is 7.15. The molecule has 0 amide bonds. The summed E-state index contributed by atoms with van der Waals surface area (Å²) in [5, 5.41) is 10.0. The van der Waals surface area contributed by atoms with Crippen LogP contribution in [0.5, 0.6) is 0 Å². The summed E-state index contributed by atoms with van der Waals surface area (Å²) in [6.45, 7) is 8.75. The summed E-state index contributed by atoms with van der Waals surface area (Å²) < 4.78 is 0. The molecule has 1 heteroatoms. The smallest absolute Gasteiger partial charge is 0.0620 e. The zero-order chi connectivity index (χ0) is 13.4. The first-order valence-electron chi connectivity index (χ1n) is 7.11. The first-order valence-corrected chi connectivity index (χ1v) is 7.11. The molecule has 1 aromatic carbocycles. The van der Waals surface area contributed by atoms with Gasteiger partial charge in [0.15, 0.2) is 0 Å². The van der Waals surface area contributed by atoms with Gasteiger partial charge in [0.05, 0.1) is 5.60 Å². The van der Waals surface area contributed by atoms with Crippen molar-refractivity contribution in [3.05, 3.63) is 35.4 Å². The topological polar surface area (TPSA) is 20.2 Å². The normalized spacial score (nSPS) is 29.3. The van der Waals surface area contributed by atoms with Gasteiger partial charge in [0.25, 0.3) is 0 Å². The molecule has 0 aliphatic heterocycles. The van der Waals surface area contributed by atoms with Crippen LogP contribution in [0.4, 0.5) is 0 Å². The molecule has 0 heterocycles. The molecule has 0 atom stereocenters. The van der Waals surface area contributed by atoms with E-state index >= 15 is 0 Å². The second kappa shape index (κ2) is 4.70. The average Bonchev–Trinajstić information content (AvgIpc) is 2.28. The minimum atomic E-state index is -0.432. The average molecular weight is 246 g/mol. The molecule has 1 aliphatic rings. The van der Waals surface area contributed by atoms with E-state index in [0.29, 0.717) is 5.92 Å². The lowest BCUT2D eigenvalue weighted by Gasteiger charge is -2.33. The highest BCUT2D eigenvalue weighted by Gasteiger charge is 2.29. The van der Waals surface area contributed by atoms with Crippen LogP contribution < -0.4 is 0 Å². The van der Waals surface area contributed by atoms with Crippen LogP contribution in [-0.2, 0) is 5.41 Å². The third-order valence-corrected chi connectivity index (χ3v) is 4.29. The van der Waals surface area contributed by atoms with Crippen molar-refractivity contribution in [3.8, 4) is 0 Å². The van der Waals surface area contributed by atoms with Gasteiger partial charge in [-0.1, -0.05) is 45.0 Å². The predicted molar refractivity (Wildman–Crippen MR) is 77.0 cm³/mol. The lowest BCUT2D eigenvalue weighted by molar-refractivity contribution is 0.0171. The molecule has 0 saturated heterocycles. The lowest BCUT2D eigenvalue weighted by Crippen LogP contribution is -2.29. The van der Waals surface area contributed by atoms with E-state index in [1.54, 1.807) is 0 Å². The van der Waals surface area contributed by atoms with Gasteiger partial charge >= 0.3 is 0 Å². The Kier molecular flexibility index (Phi) is 3.55. The molecule has 1 aromatic rings. The Balaban J connectivity index is 2.15. The van der Waals surface area contributed by atoms with Gasteiger partial charge in [0.2, 0.25) is 0 Å². The maximum Gasteiger partial charge on any atom is 0.0620 e. The van der Waals surface area contributed by atoms with E-state index in [9.17, 15) is 5.11 Å². The molecule has 0 radical (unpaired) electrons. The van der Waals surface area contributed by atoms with Crippen LogP contribution in [0.25, 0.3) is 0 Å². The Hall–Kier alpha value is -0.820. The van der Waals surface area contributed by atoms with Gasteiger partial charge in [-0.15, -0.1) is 0 Å². The van der Waals surface area contributed by atoms with Gasteiger partial charge in [0.1, 0.15) is 0 Å². The van der Waals surface area contributed by atoms with Gasteiger partial charge in [-0.3, -0.25) is 0 Å². The number of rotatable bonds is 1. The van der Waals surface area contributed by atoms with E-state index < -0.39 is 5.60 Å². The fraction of sp³-hybridized carbons (Fsp3) is 0.647. The molecule has 0 aromatic heterocycles. The number of hydrogen-bond donors (Lipinski definition) is 1. The highest BCUT2D eigenvalue weighted by molar-refractivity contribution is 5.31. The SMILES string of the molecule is CC1(O)CCC(c2cccc(C(C)(C)C)c2)CC1. The summed E-state index contributed by atoms with van der Waals surface area (Å²) in [5.74, 6) is 0.632. The quantitative estimate of drug-likeness (QED) is 0.779. The van der Waals surface area contributed by atoms with Gasteiger partial charge in [-0.05, 0) is 55.1 Å². The van der Waals surface area contributed by atoms with Gasteiger partial charge in [-0.25, -0.2) is 0 Å². The zero-order valence-corrected chi connectivity index (χ0v) is 12.2. The van der Waals surface area contributed by atoms with Crippen LogP contribution in [0.1, 0.15) is 70.4 Å². The van der Waals surface area contributed by atoms with Crippen LogP contribution in [-0.4, -0.2) is 10.7 Å². The molecule has 1 aliphatic carbocycles. The first kappa shape index (κ1) is 13.6. The monoisotopic (exact) mass is 246 g/mol. The molecule has 100 valence electrons. The molecular formula is C17H26O. The van der Waals surface area contributed by atoms with Crippen molar-refractivity contribution in [1.82, 2.24) is 0 Å². The number of benzene rings is 1. The van der Waals surface area contributed by atoms with Gasteiger partial charge < -0.3 is 5.11 Å². The van der Waals surface area contributed by atoms with Crippen LogP contribution in [0.2, 0.25) is 0 Å². The molecule has 2 rings (SSSR count). The summed E-state index contributed by atoms with van der Waals surface area (Å²) in [6.07, 6.45) is 4.08. The number of hydrogen-bond acceptors (Lipinski definition) is 1. The van der Waals surface area contributed by atoms with E-state index in [1.165, 1.54) is 11.1 Å². The molecule has 1 fully saturated rings. The lowest BCUT2D eigenvalue weighted by atomic mass is 9.76. The number of aliphatic hydroxyl groups is 1. The van der Waals surface area contributed by atoms with Crippen molar-refractivity contribution in [2.75, 3.05) is 0 Å². The highest BCUT2D eigenvalue weighted by atomic mass is 16.3. The standard InChI is InChI=1S/C17H26O/c1-16(2,3)15-7-5-6-14(12-15)13-8-10-17(4,18)11-9-13/h5-7,12-13,18H,8-11H2,1-4H3. The first-order chi connectivity index (χ1) is 8.28. The summed E-state index contributed by atoms with van der Waals surface area (Å²) in [7, 11) is 0. The summed E-state index contributed by atoms with van der Waals surface area (Å²) in [6, 6.07) is 9.02. The molecule has 1 saturated carbocycles. The molecule has 1 nitrogen and oxygen atoms in total. The predicted octanol–water partition coefficient (Wildman–Crippen LogP) is 4.39. The fourth-order valence-corrected chi connectivity index (χ4v) is 2.83. The highest BCUT2D eigenvalue weighted by Crippen LogP contribution is 2.38. The summed E-state index contributed by atoms with van der Waals surface area (Å²) in [4.78, 5) is 0. The maximum absolute atomic E-state index is 10.0. The van der Waals surface area contributed by atoms with Crippen molar-refractivity contribution in [3.63, 3.8) is 0 Å². The maximum atomic E-state index is 10.0. The van der Waals surface area contributed by atoms with Crippen LogP contribution in [0.3, 0.4) is 0 Å². The van der Waals surface area contributed by atoms with Crippen molar-refractivity contribution in [1.29, 1.82) is 0 Å².